The van der Waals surface area contributed by atoms with Crippen LogP contribution in [0.5, 0.6) is 11.5 Å². The van der Waals surface area contributed by atoms with E-state index in [0.29, 0.717) is 37.4 Å². The van der Waals surface area contributed by atoms with Crippen molar-refractivity contribution in [1.29, 1.82) is 0 Å². The Kier molecular flexibility index (Phi) is 7.28. The SMILES string of the molecule is COc1cc(C=CC(=O)N2CCC(C(=O)N(C)C)CC2)ccc1OC(C)C. The Hall–Kier alpha value is -2.50. The summed E-state index contributed by atoms with van der Waals surface area (Å²) in [6.07, 6.45) is 4.84. The molecule has 0 radical (unpaired) electrons. The normalized spacial score (nSPS) is 15.3. The van der Waals surface area contributed by atoms with Crippen LogP contribution in [0.3, 0.4) is 0 Å². The molecule has 1 heterocycles. The van der Waals surface area contributed by atoms with Crippen LogP contribution in [0.4, 0.5) is 0 Å². The molecule has 0 spiro atoms. The number of likely N-dealkylation sites (tertiary alicyclic amines) is 1. The predicted octanol–water partition coefficient (Wildman–Crippen LogP) is 2.82. The molecule has 148 valence electrons. The second-order valence-electron chi connectivity index (χ2n) is 7.24. The van der Waals surface area contributed by atoms with Crippen LogP contribution in [0.2, 0.25) is 0 Å². The fraction of sp³-hybridized carbons (Fsp3) is 0.524. The third kappa shape index (κ3) is 5.74. The first-order chi connectivity index (χ1) is 12.8. The highest BCUT2D eigenvalue weighted by atomic mass is 16.5. The minimum Gasteiger partial charge on any atom is -0.493 e. The van der Waals surface area contributed by atoms with Gasteiger partial charge in [-0.2, -0.15) is 0 Å². The first-order valence-electron chi connectivity index (χ1n) is 9.34. The second-order valence-corrected chi connectivity index (χ2v) is 7.24. The number of ether oxygens (including phenoxy) is 2. The fourth-order valence-corrected chi connectivity index (χ4v) is 3.12. The summed E-state index contributed by atoms with van der Waals surface area (Å²) < 4.78 is 11.1. The van der Waals surface area contributed by atoms with Gasteiger partial charge >= 0.3 is 0 Å². The first-order valence-corrected chi connectivity index (χ1v) is 9.34. The van der Waals surface area contributed by atoms with E-state index in [0.717, 1.165) is 5.56 Å². The van der Waals surface area contributed by atoms with Crippen molar-refractivity contribution in [2.75, 3.05) is 34.3 Å². The monoisotopic (exact) mass is 374 g/mol. The summed E-state index contributed by atoms with van der Waals surface area (Å²) in [7, 11) is 5.14. The van der Waals surface area contributed by atoms with E-state index < -0.39 is 0 Å². The van der Waals surface area contributed by atoms with Gasteiger partial charge in [-0.1, -0.05) is 6.07 Å². The molecule has 1 fully saturated rings. The first kappa shape index (κ1) is 20.8. The number of benzene rings is 1. The van der Waals surface area contributed by atoms with E-state index in [1.165, 1.54) is 0 Å². The molecule has 0 unspecified atom stereocenters. The van der Waals surface area contributed by atoms with Crippen molar-refractivity contribution in [3.63, 3.8) is 0 Å². The van der Waals surface area contributed by atoms with Crippen molar-refractivity contribution in [2.24, 2.45) is 5.92 Å². The van der Waals surface area contributed by atoms with Crippen LogP contribution in [-0.2, 0) is 9.59 Å². The molecule has 0 saturated carbocycles. The van der Waals surface area contributed by atoms with E-state index in [2.05, 4.69) is 0 Å². The Labute approximate surface area is 161 Å². The van der Waals surface area contributed by atoms with Gasteiger partial charge in [0.25, 0.3) is 0 Å². The van der Waals surface area contributed by atoms with Gasteiger partial charge < -0.3 is 19.3 Å². The van der Waals surface area contributed by atoms with Gasteiger partial charge in [-0.25, -0.2) is 0 Å². The molecule has 1 aromatic carbocycles. The van der Waals surface area contributed by atoms with Crippen molar-refractivity contribution in [3.05, 3.63) is 29.8 Å². The van der Waals surface area contributed by atoms with Crippen LogP contribution in [-0.4, -0.2) is 62.0 Å². The maximum Gasteiger partial charge on any atom is 0.246 e. The zero-order valence-electron chi connectivity index (χ0n) is 16.9. The molecule has 6 heteroatoms. The summed E-state index contributed by atoms with van der Waals surface area (Å²) in [4.78, 5) is 27.9. The van der Waals surface area contributed by atoms with Gasteiger partial charge in [-0.15, -0.1) is 0 Å². The van der Waals surface area contributed by atoms with Crippen molar-refractivity contribution in [2.45, 2.75) is 32.8 Å². The molecule has 0 N–H and O–H groups in total. The lowest BCUT2D eigenvalue weighted by atomic mass is 9.95. The number of hydrogen-bond acceptors (Lipinski definition) is 4. The van der Waals surface area contributed by atoms with Gasteiger partial charge in [0.15, 0.2) is 11.5 Å². The van der Waals surface area contributed by atoms with Crippen molar-refractivity contribution in [1.82, 2.24) is 9.80 Å². The third-order valence-corrected chi connectivity index (χ3v) is 4.57. The minimum absolute atomic E-state index is 0.0193. The molecule has 1 aliphatic rings. The molecule has 2 amide bonds. The van der Waals surface area contributed by atoms with Crippen LogP contribution in [0, 0.1) is 5.92 Å². The summed E-state index contributed by atoms with van der Waals surface area (Å²) in [5, 5.41) is 0. The minimum atomic E-state index is -0.0350. The van der Waals surface area contributed by atoms with Gasteiger partial charge in [-0.05, 0) is 50.5 Å². The van der Waals surface area contributed by atoms with Gasteiger partial charge in [0.2, 0.25) is 11.8 Å². The maximum absolute atomic E-state index is 12.4. The number of nitrogens with zero attached hydrogens (tertiary/aromatic N) is 2. The standard InChI is InChI=1S/C21H30N2O4/c1-15(2)27-18-8-6-16(14-19(18)26-5)7-9-20(24)23-12-10-17(11-13-23)21(25)22(3)4/h6-9,14-15,17H,10-13H2,1-5H3. The lowest BCUT2D eigenvalue weighted by molar-refractivity contribution is -0.137. The van der Waals surface area contributed by atoms with E-state index in [1.54, 1.807) is 43.2 Å². The molecule has 0 bridgehead atoms. The van der Waals surface area contributed by atoms with Crippen LogP contribution in [0.15, 0.2) is 24.3 Å². The number of rotatable bonds is 6. The topological polar surface area (TPSA) is 59.1 Å². The molecule has 0 atom stereocenters. The van der Waals surface area contributed by atoms with Gasteiger partial charge in [0.1, 0.15) is 0 Å². The lowest BCUT2D eigenvalue weighted by Crippen LogP contribution is -2.42. The van der Waals surface area contributed by atoms with E-state index >= 15 is 0 Å². The number of methoxy groups -OCH3 is 1. The molecule has 1 aromatic rings. The summed E-state index contributed by atoms with van der Waals surface area (Å²) in [6, 6.07) is 5.59. The van der Waals surface area contributed by atoms with Gasteiger partial charge in [-0.3, -0.25) is 9.59 Å². The Morgan fingerprint density at radius 1 is 1.19 bits per heavy atom. The van der Waals surface area contributed by atoms with Crippen molar-refractivity contribution < 1.29 is 19.1 Å². The van der Waals surface area contributed by atoms with Crippen LogP contribution in [0.1, 0.15) is 32.3 Å². The van der Waals surface area contributed by atoms with Crippen LogP contribution < -0.4 is 9.47 Å². The largest absolute Gasteiger partial charge is 0.493 e. The summed E-state index contributed by atoms with van der Waals surface area (Å²) >= 11 is 0. The van der Waals surface area contributed by atoms with Crippen LogP contribution >= 0.6 is 0 Å². The maximum atomic E-state index is 12.4. The molecule has 0 aliphatic carbocycles. The van der Waals surface area contributed by atoms with E-state index in [9.17, 15) is 9.59 Å². The average molecular weight is 374 g/mol. The van der Waals surface area contributed by atoms with Gasteiger partial charge in [0, 0.05) is 39.2 Å². The highest BCUT2D eigenvalue weighted by Gasteiger charge is 2.27. The second kappa shape index (κ2) is 9.44. The lowest BCUT2D eigenvalue weighted by Gasteiger charge is -2.31. The molecule has 6 nitrogen and oxygen atoms in total. The zero-order chi connectivity index (χ0) is 20.0. The van der Waals surface area contributed by atoms with E-state index in [1.807, 2.05) is 32.0 Å². The molecule has 27 heavy (non-hydrogen) atoms. The number of carbonyl (C=O) groups is 2. The number of piperidine rings is 1. The summed E-state index contributed by atoms with van der Waals surface area (Å²) in [6.45, 7) is 5.14. The van der Waals surface area contributed by atoms with E-state index in [4.69, 9.17) is 9.47 Å². The zero-order valence-corrected chi connectivity index (χ0v) is 16.9. The average Bonchev–Trinajstić information content (AvgIpc) is 2.65. The molecular weight excluding hydrogens is 344 g/mol. The Bertz CT molecular complexity index is 689. The number of amides is 2. The predicted molar refractivity (Wildman–Crippen MR) is 106 cm³/mol. The summed E-state index contributed by atoms with van der Waals surface area (Å²) in [5.74, 6) is 1.45. The molecule has 1 saturated heterocycles. The number of carbonyl (C=O) groups excluding carboxylic acids is 2. The highest BCUT2D eigenvalue weighted by molar-refractivity contribution is 5.92. The highest BCUT2D eigenvalue weighted by Crippen LogP contribution is 2.29. The molecule has 1 aliphatic heterocycles. The summed E-state index contributed by atoms with van der Waals surface area (Å²) in [5.41, 5.74) is 0.869. The van der Waals surface area contributed by atoms with Crippen LogP contribution in [0.25, 0.3) is 6.08 Å². The quantitative estimate of drug-likeness (QED) is 0.719. The third-order valence-electron chi connectivity index (χ3n) is 4.57. The van der Waals surface area contributed by atoms with E-state index in [-0.39, 0.29) is 23.8 Å². The van der Waals surface area contributed by atoms with Crippen molar-refractivity contribution >= 4 is 17.9 Å². The molecule has 2 rings (SSSR count). The van der Waals surface area contributed by atoms with Gasteiger partial charge in [0.05, 0.1) is 13.2 Å². The Morgan fingerprint density at radius 2 is 1.85 bits per heavy atom. The Balaban J connectivity index is 1.96. The Morgan fingerprint density at radius 3 is 2.41 bits per heavy atom. The smallest absolute Gasteiger partial charge is 0.246 e. The fourth-order valence-electron chi connectivity index (χ4n) is 3.12. The van der Waals surface area contributed by atoms with Crippen molar-refractivity contribution in [3.8, 4) is 11.5 Å². The molecule has 0 aromatic heterocycles. The molecular formula is C21H30N2O4. The number of hydrogen-bond donors (Lipinski definition) is 0.